The van der Waals surface area contributed by atoms with E-state index in [2.05, 4.69) is 72.6 Å². The van der Waals surface area contributed by atoms with Gasteiger partial charge < -0.3 is 9.72 Å². The first-order chi connectivity index (χ1) is 20.1. The molecule has 7 heteroatoms. The minimum Gasteiger partial charge on any atom is -0.497 e. The Balaban J connectivity index is 1.24. The second kappa shape index (κ2) is 12.1. The number of methoxy groups -OCH3 is 1. The van der Waals surface area contributed by atoms with Crippen LogP contribution in [0.1, 0.15) is 16.7 Å². The number of fused-ring (bicyclic) bond motifs is 1. The normalized spacial score (nSPS) is 15.4. The van der Waals surface area contributed by atoms with Crippen LogP contribution in [0, 0.1) is 6.92 Å². The van der Waals surface area contributed by atoms with E-state index in [4.69, 9.17) is 9.73 Å². The maximum absolute atomic E-state index is 13.7. The van der Waals surface area contributed by atoms with Crippen molar-refractivity contribution in [2.75, 3.05) is 13.7 Å². The highest BCUT2D eigenvalue weighted by molar-refractivity contribution is 8.18. The molecule has 1 aromatic heterocycles. The lowest BCUT2D eigenvalue weighted by Gasteiger charge is -2.15. The smallest absolute Gasteiger partial charge is 0.266 e. The summed E-state index contributed by atoms with van der Waals surface area (Å²) in [5, 5.41) is 1.86. The minimum atomic E-state index is -0.0276. The zero-order valence-corrected chi connectivity index (χ0v) is 24.5. The molecule has 41 heavy (non-hydrogen) atoms. The molecule has 1 aliphatic rings. The number of rotatable bonds is 8. The van der Waals surface area contributed by atoms with Gasteiger partial charge in [0.05, 0.1) is 17.7 Å². The van der Waals surface area contributed by atoms with Crippen LogP contribution in [-0.4, -0.2) is 34.6 Å². The quantitative estimate of drug-likeness (QED) is 0.189. The van der Waals surface area contributed by atoms with Gasteiger partial charge in [0.25, 0.3) is 5.91 Å². The maximum Gasteiger partial charge on any atom is 0.266 e. The van der Waals surface area contributed by atoms with Crippen LogP contribution in [0.15, 0.2) is 123 Å². The molecule has 1 fully saturated rings. The van der Waals surface area contributed by atoms with Crippen molar-refractivity contribution in [3.63, 3.8) is 0 Å². The van der Waals surface area contributed by atoms with Crippen LogP contribution in [-0.2, 0) is 11.2 Å². The third kappa shape index (κ3) is 6.26. The molecule has 0 radical (unpaired) electrons. The van der Waals surface area contributed by atoms with Crippen LogP contribution in [0.25, 0.3) is 17.0 Å². The number of ether oxygens (including phenoxy) is 1. The molecule has 0 aliphatic carbocycles. The molecule has 5 nitrogen and oxygen atoms in total. The minimum absolute atomic E-state index is 0.0276. The first-order valence-electron chi connectivity index (χ1n) is 13.4. The molecule has 1 aliphatic heterocycles. The highest BCUT2D eigenvalue weighted by Gasteiger charge is 2.33. The van der Waals surface area contributed by atoms with Crippen LogP contribution in [0.4, 0.5) is 5.69 Å². The van der Waals surface area contributed by atoms with Crippen LogP contribution in [0.5, 0.6) is 5.75 Å². The van der Waals surface area contributed by atoms with E-state index in [0.717, 1.165) is 33.8 Å². The van der Waals surface area contributed by atoms with Gasteiger partial charge >= 0.3 is 0 Å². The van der Waals surface area contributed by atoms with Crippen molar-refractivity contribution in [2.24, 2.45) is 4.99 Å². The van der Waals surface area contributed by atoms with E-state index in [1.54, 1.807) is 23.8 Å². The standard InChI is InChI=1S/C34H29N3O2S2/c1-23-7-15-28(16-8-23)40-29-17-9-24(10-18-29)21-32-33(38)37(20-19-25-22-35-31-6-4-3-5-30(25)31)34(41-32)36-26-11-13-27(39-2)14-12-26/h3-18,21-22,35H,19-20H2,1-2H3/b32-21-,36-34?. The average molecular weight is 576 g/mol. The van der Waals surface area contributed by atoms with E-state index in [1.807, 2.05) is 48.7 Å². The Morgan fingerprint density at radius 2 is 1.63 bits per heavy atom. The Morgan fingerprint density at radius 3 is 2.37 bits per heavy atom. The Bertz CT molecular complexity index is 1740. The average Bonchev–Trinajstić information content (AvgIpc) is 3.54. The third-order valence-corrected chi connectivity index (χ3v) is 8.92. The fourth-order valence-corrected chi connectivity index (χ4v) is 6.49. The van der Waals surface area contributed by atoms with Crippen molar-refractivity contribution in [1.29, 1.82) is 0 Å². The summed E-state index contributed by atoms with van der Waals surface area (Å²) in [6, 6.07) is 32.7. The summed E-state index contributed by atoms with van der Waals surface area (Å²) in [6.45, 7) is 2.63. The molecule has 4 aromatic carbocycles. The van der Waals surface area contributed by atoms with Gasteiger partial charge in [-0.05, 0) is 96.9 Å². The number of nitrogens with zero attached hydrogens (tertiary/aromatic N) is 2. The largest absolute Gasteiger partial charge is 0.497 e. The molecule has 1 saturated heterocycles. The van der Waals surface area contributed by atoms with Crippen LogP contribution < -0.4 is 4.74 Å². The van der Waals surface area contributed by atoms with Gasteiger partial charge in [0.15, 0.2) is 5.17 Å². The van der Waals surface area contributed by atoms with E-state index in [-0.39, 0.29) is 5.91 Å². The molecule has 204 valence electrons. The van der Waals surface area contributed by atoms with Gasteiger partial charge in [0.2, 0.25) is 0 Å². The molecule has 5 aromatic rings. The topological polar surface area (TPSA) is 57.7 Å². The molecule has 0 spiro atoms. The van der Waals surface area contributed by atoms with E-state index in [1.165, 1.54) is 33.2 Å². The lowest BCUT2D eigenvalue weighted by molar-refractivity contribution is -0.122. The number of benzene rings is 4. The summed E-state index contributed by atoms with van der Waals surface area (Å²) in [5.41, 5.74) is 5.29. The first kappa shape index (κ1) is 27.0. The summed E-state index contributed by atoms with van der Waals surface area (Å²) in [7, 11) is 1.64. The van der Waals surface area contributed by atoms with Gasteiger partial charge in [-0.3, -0.25) is 9.69 Å². The van der Waals surface area contributed by atoms with Crippen molar-refractivity contribution in [3.8, 4) is 5.75 Å². The Hall–Kier alpha value is -4.20. The molecule has 0 atom stereocenters. The predicted octanol–water partition coefficient (Wildman–Crippen LogP) is 8.48. The summed E-state index contributed by atoms with van der Waals surface area (Å²) in [4.78, 5) is 26.7. The van der Waals surface area contributed by atoms with Crippen molar-refractivity contribution in [2.45, 2.75) is 23.1 Å². The number of thioether (sulfide) groups is 1. The molecular formula is C34H29N3O2S2. The molecule has 0 saturated carbocycles. The van der Waals surface area contributed by atoms with Gasteiger partial charge in [0.1, 0.15) is 5.75 Å². The molecule has 1 N–H and O–H groups in total. The van der Waals surface area contributed by atoms with E-state index in [0.29, 0.717) is 16.6 Å². The molecule has 0 bridgehead atoms. The predicted molar refractivity (Wildman–Crippen MR) is 171 cm³/mol. The van der Waals surface area contributed by atoms with Gasteiger partial charge in [0, 0.05) is 33.4 Å². The van der Waals surface area contributed by atoms with Gasteiger partial charge in [-0.25, -0.2) is 4.99 Å². The van der Waals surface area contributed by atoms with E-state index in [9.17, 15) is 4.79 Å². The van der Waals surface area contributed by atoms with Crippen LogP contribution in [0.2, 0.25) is 0 Å². The zero-order valence-electron chi connectivity index (χ0n) is 22.8. The zero-order chi connectivity index (χ0) is 28.2. The van der Waals surface area contributed by atoms with Gasteiger partial charge in [-0.15, -0.1) is 0 Å². The van der Waals surface area contributed by atoms with Gasteiger partial charge in [-0.1, -0.05) is 59.8 Å². The van der Waals surface area contributed by atoms with E-state index >= 15 is 0 Å². The number of aromatic nitrogens is 1. The fourth-order valence-electron chi connectivity index (χ4n) is 4.65. The fraction of sp³-hybridized carbons (Fsp3) is 0.118. The lowest BCUT2D eigenvalue weighted by Crippen LogP contribution is -2.31. The van der Waals surface area contributed by atoms with Crippen LogP contribution in [0.3, 0.4) is 0 Å². The number of amidine groups is 1. The number of carbonyl (C=O) groups is 1. The highest BCUT2D eigenvalue weighted by Crippen LogP contribution is 2.35. The third-order valence-electron chi connectivity index (χ3n) is 6.90. The maximum atomic E-state index is 13.7. The molecule has 6 rings (SSSR count). The monoisotopic (exact) mass is 575 g/mol. The van der Waals surface area contributed by atoms with Crippen molar-refractivity contribution >= 4 is 57.3 Å². The van der Waals surface area contributed by atoms with Crippen molar-refractivity contribution in [1.82, 2.24) is 9.88 Å². The number of hydrogen-bond acceptors (Lipinski definition) is 5. The number of amides is 1. The Morgan fingerprint density at radius 1 is 0.927 bits per heavy atom. The van der Waals surface area contributed by atoms with Gasteiger partial charge in [-0.2, -0.15) is 0 Å². The second-order valence-electron chi connectivity index (χ2n) is 9.75. The summed E-state index contributed by atoms with van der Waals surface area (Å²) in [6.07, 6.45) is 4.71. The summed E-state index contributed by atoms with van der Waals surface area (Å²) >= 11 is 3.15. The molecule has 1 amide bonds. The number of hydrogen-bond donors (Lipinski definition) is 1. The van der Waals surface area contributed by atoms with Crippen molar-refractivity contribution < 1.29 is 9.53 Å². The number of nitrogens with one attached hydrogen (secondary N) is 1. The van der Waals surface area contributed by atoms with E-state index < -0.39 is 0 Å². The molecule has 2 heterocycles. The van der Waals surface area contributed by atoms with Crippen molar-refractivity contribution in [3.05, 3.63) is 125 Å². The molecular weight excluding hydrogens is 547 g/mol. The Labute approximate surface area is 248 Å². The number of para-hydroxylation sites is 1. The number of aryl methyl sites for hydroxylation is 1. The molecule has 0 unspecified atom stereocenters. The number of carbonyl (C=O) groups excluding carboxylic acids is 1. The van der Waals surface area contributed by atoms with Crippen LogP contribution >= 0.6 is 23.5 Å². The number of aromatic amines is 1. The summed E-state index contributed by atoms with van der Waals surface area (Å²) in [5.74, 6) is 0.741. The number of aliphatic imine (C=N–C) groups is 1. The first-order valence-corrected chi connectivity index (χ1v) is 15.0. The summed E-state index contributed by atoms with van der Waals surface area (Å²) < 4.78 is 5.29. The Kier molecular flexibility index (Phi) is 7.98. The second-order valence-corrected chi connectivity index (χ2v) is 11.9. The number of H-pyrrole nitrogens is 1. The highest BCUT2D eigenvalue weighted by atomic mass is 32.2. The lowest BCUT2D eigenvalue weighted by atomic mass is 10.1. The SMILES string of the molecule is COc1ccc(N=C2S/C(=C\c3ccc(Sc4ccc(C)cc4)cc3)C(=O)N2CCc2c[nH]c3ccccc23)cc1.